The molecule has 0 aliphatic carbocycles. The highest BCUT2D eigenvalue weighted by molar-refractivity contribution is 14.1. The predicted molar refractivity (Wildman–Crippen MR) is 62.4 cm³/mol. The fourth-order valence-corrected chi connectivity index (χ4v) is 1.83. The number of benzene rings is 1. The molecule has 0 radical (unpaired) electrons. The Balaban J connectivity index is 2.39. The van der Waals surface area contributed by atoms with Crippen molar-refractivity contribution in [2.75, 3.05) is 7.11 Å². The number of carbonyl (C=O) groups is 1. The topological polar surface area (TPSA) is 52.3 Å². The van der Waals surface area contributed by atoms with E-state index in [0.717, 1.165) is 9.09 Å². The van der Waals surface area contributed by atoms with Crippen LogP contribution in [0.15, 0.2) is 22.6 Å². The van der Waals surface area contributed by atoms with Gasteiger partial charge in [-0.1, -0.05) is 6.07 Å². The number of rotatable bonds is 2. The minimum Gasteiger partial charge on any atom is -0.469 e. The van der Waals surface area contributed by atoms with Crippen LogP contribution in [0.2, 0.25) is 0 Å². The van der Waals surface area contributed by atoms with Gasteiger partial charge in [-0.25, -0.2) is 4.98 Å². The molecule has 15 heavy (non-hydrogen) atoms. The minimum absolute atomic E-state index is 0.0707. The molecule has 1 aromatic carbocycles. The molecule has 0 aliphatic rings. The molecule has 0 amide bonds. The average molecular weight is 317 g/mol. The van der Waals surface area contributed by atoms with E-state index >= 15 is 0 Å². The molecule has 2 rings (SSSR count). The molecule has 0 bridgehead atoms. The van der Waals surface area contributed by atoms with Crippen LogP contribution in [0.1, 0.15) is 5.89 Å². The van der Waals surface area contributed by atoms with E-state index < -0.39 is 0 Å². The number of ether oxygens (including phenoxy) is 1. The molecule has 0 fully saturated rings. The third-order valence-electron chi connectivity index (χ3n) is 1.94. The highest BCUT2D eigenvalue weighted by Gasteiger charge is 2.11. The Kier molecular flexibility index (Phi) is 2.90. The van der Waals surface area contributed by atoms with Crippen LogP contribution in [-0.2, 0) is 16.0 Å². The summed E-state index contributed by atoms with van der Waals surface area (Å²) in [6, 6.07) is 5.65. The van der Waals surface area contributed by atoms with Crippen molar-refractivity contribution in [2.24, 2.45) is 0 Å². The molecule has 0 saturated heterocycles. The second kappa shape index (κ2) is 4.18. The Morgan fingerprint density at radius 2 is 2.40 bits per heavy atom. The fourth-order valence-electron chi connectivity index (χ4n) is 1.23. The molecule has 0 aliphatic heterocycles. The number of methoxy groups -OCH3 is 1. The molecule has 0 saturated carbocycles. The molecule has 78 valence electrons. The van der Waals surface area contributed by atoms with Crippen molar-refractivity contribution in [3.05, 3.63) is 27.7 Å². The van der Waals surface area contributed by atoms with Gasteiger partial charge in [0.25, 0.3) is 0 Å². The number of hydrogen-bond acceptors (Lipinski definition) is 4. The smallest absolute Gasteiger partial charge is 0.314 e. The van der Waals surface area contributed by atoms with Crippen LogP contribution in [0.25, 0.3) is 11.1 Å². The van der Waals surface area contributed by atoms with Gasteiger partial charge in [-0.3, -0.25) is 4.79 Å². The van der Waals surface area contributed by atoms with E-state index in [2.05, 4.69) is 32.3 Å². The van der Waals surface area contributed by atoms with Crippen molar-refractivity contribution < 1.29 is 13.9 Å². The number of para-hydroxylation sites is 1. The summed E-state index contributed by atoms with van der Waals surface area (Å²) in [4.78, 5) is 15.2. The summed E-state index contributed by atoms with van der Waals surface area (Å²) < 4.78 is 10.9. The van der Waals surface area contributed by atoms with Gasteiger partial charge in [0.2, 0.25) is 5.89 Å². The fraction of sp³-hybridized carbons (Fsp3) is 0.200. The number of hydrogen-bond donors (Lipinski definition) is 0. The Bertz CT molecular complexity index is 506. The zero-order valence-corrected chi connectivity index (χ0v) is 10.1. The molecule has 0 spiro atoms. The normalized spacial score (nSPS) is 10.5. The monoisotopic (exact) mass is 317 g/mol. The van der Waals surface area contributed by atoms with Crippen LogP contribution >= 0.6 is 22.6 Å². The zero-order valence-electron chi connectivity index (χ0n) is 7.99. The summed E-state index contributed by atoms with van der Waals surface area (Å²) in [5.41, 5.74) is 1.48. The molecule has 5 heteroatoms. The van der Waals surface area contributed by atoms with E-state index in [-0.39, 0.29) is 12.4 Å². The number of oxazole rings is 1. The van der Waals surface area contributed by atoms with Crippen molar-refractivity contribution in [3.63, 3.8) is 0 Å². The van der Waals surface area contributed by atoms with Gasteiger partial charge < -0.3 is 9.15 Å². The van der Waals surface area contributed by atoms with Crippen molar-refractivity contribution in [1.82, 2.24) is 4.98 Å². The molecule has 0 N–H and O–H groups in total. The molecular weight excluding hydrogens is 309 g/mol. The number of carbonyl (C=O) groups excluding carboxylic acids is 1. The Hall–Kier alpha value is -1.11. The molecular formula is C10H8INO3. The van der Waals surface area contributed by atoms with Crippen LogP contribution in [0.5, 0.6) is 0 Å². The second-order valence-corrected chi connectivity index (χ2v) is 4.11. The van der Waals surface area contributed by atoms with E-state index in [0.29, 0.717) is 11.5 Å². The van der Waals surface area contributed by atoms with Crippen LogP contribution < -0.4 is 0 Å². The molecule has 2 aromatic rings. The summed E-state index contributed by atoms with van der Waals surface area (Å²) in [5.74, 6) is 0.0394. The number of aromatic nitrogens is 1. The van der Waals surface area contributed by atoms with Gasteiger partial charge in [0.15, 0.2) is 5.58 Å². The second-order valence-electron chi connectivity index (χ2n) is 2.95. The van der Waals surface area contributed by atoms with Crippen molar-refractivity contribution in [1.29, 1.82) is 0 Å². The van der Waals surface area contributed by atoms with Crippen LogP contribution in [0, 0.1) is 3.57 Å². The lowest BCUT2D eigenvalue weighted by Gasteiger charge is -1.92. The lowest BCUT2D eigenvalue weighted by Crippen LogP contribution is -2.04. The summed E-state index contributed by atoms with van der Waals surface area (Å²) >= 11 is 2.18. The Morgan fingerprint density at radius 1 is 1.60 bits per heavy atom. The first-order valence-electron chi connectivity index (χ1n) is 4.31. The van der Waals surface area contributed by atoms with Gasteiger partial charge in [0.1, 0.15) is 11.9 Å². The third kappa shape index (κ3) is 2.11. The summed E-state index contributed by atoms with van der Waals surface area (Å²) in [7, 11) is 1.34. The maximum absolute atomic E-state index is 11.0. The molecule has 1 aromatic heterocycles. The minimum atomic E-state index is -0.350. The average Bonchev–Trinajstić information content (AvgIpc) is 2.62. The maximum Gasteiger partial charge on any atom is 0.314 e. The number of esters is 1. The van der Waals surface area contributed by atoms with E-state index in [1.807, 2.05) is 18.2 Å². The number of halogens is 1. The predicted octanol–water partition coefficient (Wildman–Crippen LogP) is 2.15. The van der Waals surface area contributed by atoms with Gasteiger partial charge in [-0.15, -0.1) is 0 Å². The lowest BCUT2D eigenvalue weighted by atomic mass is 10.3. The van der Waals surface area contributed by atoms with E-state index in [1.165, 1.54) is 7.11 Å². The van der Waals surface area contributed by atoms with Gasteiger partial charge >= 0.3 is 5.97 Å². The highest BCUT2D eigenvalue weighted by Crippen LogP contribution is 2.21. The number of fused-ring (bicyclic) bond motifs is 1. The molecule has 4 nitrogen and oxygen atoms in total. The van der Waals surface area contributed by atoms with Crippen molar-refractivity contribution >= 4 is 39.7 Å². The molecule has 1 heterocycles. The maximum atomic E-state index is 11.0. The van der Waals surface area contributed by atoms with Gasteiger partial charge in [0.05, 0.1) is 7.11 Å². The van der Waals surface area contributed by atoms with Crippen LogP contribution in [-0.4, -0.2) is 18.1 Å². The standard InChI is InChI=1S/C10H8INO3/c1-14-9(13)5-8-12-10-6(11)3-2-4-7(10)15-8/h2-4H,5H2,1H3. The summed E-state index contributed by atoms with van der Waals surface area (Å²) in [5, 5.41) is 0. The van der Waals surface area contributed by atoms with E-state index in [1.54, 1.807) is 0 Å². The van der Waals surface area contributed by atoms with Crippen LogP contribution in [0.4, 0.5) is 0 Å². The largest absolute Gasteiger partial charge is 0.469 e. The summed E-state index contributed by atoms with van der Waals surface area (Å²) in [6.07, 6.45) is 0.0707. The zero-order chi connectivity index (χ0) is 10.8. The first-order chi connectivity index (χ1) is 7.20. The third-order valence-corrected chi connectivity index (χ3v) is 2.81. The molecule has 0 atom stereocenters. The SMILES string of the molecule is COC(=O)Cc1nc2c(I)cccc2o1. The van der Waals surface area contributed by atoms with Crippen molar-refractivity contribution in [2.45, 2.75) is 6.42 Å². The Morgan fingerprint density at radius 3 is 3.07 bits per heavy atom. The lowest BCUT2D eigenvalue weighted by molar-refractivity contribution is -0.140. The van der Waals surface area contributed by atoms with E-state index in [4.69, 9.17) is 4.42 Å². The number of nitrogens with zero attached hydrogens (tertiary/aromatic N) is 1. The van der Waals surface area contributed by atoms with Gasteiger partial charge in [0, 0.05) is 3.57 Å². The van der Waals surface area contributed by atoms with Crippen LogP contribution in [0.3, 0.4) is 0 Å². The highest BCUT2D eigenvalue weighted by atomic mass is 127. The van der Waals surface area contributed by atoms with Gasteiger partial charge in [-0.05, 0) is 34.7 Å². The van der Waals surface area contributed by atoms with Crippen molar-refractivity contribution in [3.8, 4) is 0 Å². The first-order valence-corrected chi connectivity index (χ1v) is 5.39. The first kappa shape index (κ1) is 10.4. The quantitative estimate of drug-likeness (QED) is 0.629. The van der Waals surface area contributed by atoms with Gasteiger partial charge in [-0.2, -0.15) is 0 Å². The molecule has 0 unspecified atom stereocenters. The van der Waals surface area contributed by atoms with E-state index in [9.17, 15) is 4.79 Å². The summed E-state index contributed by atoms with van der Waals surface area (Å²) in [6.45, 7) is 0. The Labute approximate surface area is 99.8 Å².